The zero-order valence-corrected chi connectivity index (χ0v) is 30.6. The summed E-state index contributed by atoms with van der Waals surface area (Å²) in [5.41, 5.74) is 9.63. The molecule has 0 bridgehead atoms. The minimum atomic E-state index is 0.712. The molecule has 0 aliphatic heterocycles. The molecule has 9 aromatic carbocycles. The van der Waals surface area contributed by atoms with E-state index in [1.807, 2.05) is 11.3 Å². The Morgan fingerprint density at radius 1 is 0.327 bits per heavy atom. The number of hydrogen-bond acceptors (Lipinski definition) is 3. The smallest absolute Gasteiger partial charge is 0.161 e. The molecule has 11 rings (SSSR count). The molecule has 0 unspecified atom stereocenters. The van der Waals surface area contributed by atoms with Gasteiger partial charge in [0.2, 0.25) is 0 Å². The van der Waals surface area contributed by atoms with Crippen LogP contribution in [0.5, 0.6) is 0 Å². The summed E-state index contributed by atoms with van der Waals surface area (Å²) >= 11 is 1.86. The molecule has 2 heterocycles. The second-order valence-electron chi connectivity index (χ2n) is 14.1. The van der Waals surface area contributed by atoms with Gasteiger partial charge in [0.1, 0.15) is 0 Å². The number of fused-ring (bicyclic) bond motifs is 7. The summed E-state index contributed by atoms with van der Waals surface area (Å²) in [4.78, 5) is 11.0. The molecule has 256 valence electrons. The van der Waals surface area contributed by atoms with Gasteiger partial charge in [0.05, 0.1) is 11.4 Å². The van der Waals surface area contributed by atoms with Crippen LogP contribution in [0, 0.1) is 0 Å². The van der Waals surface area contributed by atoms with E-state index in [0.717, 1.165) is 50.0 Å². The Morgan fingerprint density at radius 2 is 0.964 bits per heavy atom. The Morgan fingerprint density at radius 3 is 1.85 bits per heavy atom. The van der Waals surface area contributed by atoms with Crippen molar-refractivity contribution in [2.24, 2.45) is 0 Å². The molecule has 2 nitrogen and oxygen atoms in total. The van der Waals surface area contributed by atoms with Crippen molar-refractivity contribution in [2.75, 3.05) is 0 Å². The van der Waals surface area contributed by atoms with Crippen LogP contribution in [0.3, 0.4) is 0 Å². The van der Waals surface area contributed by atoms with Crippen molar-refractivity contribution in [3.8, 4) is 56.2 Å². The fourth-order valence-electron chi connectivity index (χ4n) is 8.30. The second-order valence-corrected chi connectivity index (χ2v) is 15.1. The first kappa shape index (κ1) is 31.6. The number of benzene rings is 9. The van der Waals surface area contributed by atoms with Gasteiger partial charge in [0.25, 0.3) is 0 Å². The molecule has 0 fully saturated rings. The molecule has 0 radical (unpaired) electrons. The number of nitrogens with zero attached hydrogens (tertiary/aromatic N) is 2. The second kappa shape index (κ2) is 12.9. The predicted molar refractivity (Wildman–Crippen MR) is 235 cm³/mol. The van der Waals surface area contributed by atoms with Gasteiger partial charge in [-0.2, -0.15) is 0 Å². The zero-order valence-electron chi connectivity index (χ0n) is 29.8. The SMILES string of the molecule is c1ccc(-c2ccccc2-c2cc(-c3cccc(-c4cccc5c4sc4ccccc45)c3)nc(-c3c4ccccc4cc4c3ccc3ccccc34)n2)cc1. The highest BCUT2D eigenvalue weighted by Crippen LogP contribution is 2.43. The van der Waals surface area contributed by atoms with Crippen LogP contribution in [-0.2, 0) is 0 Å². The summed E-state index contributed by atoms with van der Waals surface area (Å²) in [6.07, 6.45) is 0. The van der Waals surface area contributed by atoms with Crippen molar-refractivity contribution in [2.45, 2.75) is 0 Å². The van der Waals surface area contributed by atoms with Crippen molar-refractivity contribution < 1.29 is 0 Å². The Bertz CT molecular complexity index is 3270. The first-order chi connectivity index (χ1) is 27.3. The van der Waals surface area contributed by atoms with E-state index >= 15 is 0 Å². The summed E-state index contributed by atoms with van der Waals surface area (Å²) in [7, 11) is 0. The third-order valence-electron chi connectivity index (χ3n) is 10.9. The minimum absolute atomic E-state index is 0.712. The third-order valence-corrected chi connectivity index (χ3v) is 12.1. The molecule has 11 aromatic rings. The van der Waals surface area contributed by atoms with Crippen molar-refractivity contribution >= 4 is 63.8 Å². The molecule has 0 saturated carbocycles. The highest BCUT2D eigenvalue weighted by molar-refractivity contribution is 7.26. The maximum absolute atomic E-state index is 5.51. The maximum atomic E-state index is 5.51. The number of rotatable bonds is 5. The quantitative estimate of drug-likeness (QED) is 0.131. The molecule has 2 aromatic heterocycles. The van der Waals surface area contributed by atoms with Crippen LogP contribution in [0.1, 0.15) is 0 Å². The first-order valence-corrected chi connectivity index (χ1v) is 19.5. The lowest BCUT2D eigenvalue weighted by Crippen LogP contribution is -1.99. The molecule has 0 atom stereocenters. The van der Waals surface area contributed by atoms with E-state index in [1.54, 1.807) is 0 Å². The first-order valence-electron chi connectivity index (χ1n) is 18.7. The van der Waals surface area contributed by atoms with Crippen molar-refractivity contribution in [1.82, 2.24) is 9.97 Å². The van der Waals surface area contributed by atoms with Crippen LogP contribution < -0.4 is 0 Å². The van der Waals surface area contributed by atoms with E-state index in [4.69, 9.17) is 9.97 Å². The molecular weight excluding hydrogens is 685 g/mol. The molecule has 3 heteroatoms. The van der Waals surface area contributed by atoms with Crippen LogP contribution >= 0.6 is 11.3 Å². The maximum Gasteiger partial charge on any atom is 0.161 e. The average Bonchev–Trinajstić information content (AvgIpc) is 3.65. The standard InChI is InChI=1S/C52H32N2S/c1-2-14-33(15-3-1)38-20-8-9-23-42(38)48-32-47(37-19-12-18-35(30-37)41-25-13-26-45-43-24-10-11-27-49(43)55-51(41)45)53-52(54-48)50-40-22-7-5-17-36(40)31-46-39-21-6-4-16-34(39)28-29-44(46)50/h1-32H. The molecular formula is C52H32N2S. The molecule has 0 aliphatic rings. The number of aromatic nitrogens is 2. The van der Waals surface area contributed by atoms with Gasteiger partial charge in [-0.15, -0.1) is 11.3 Å². The highest BCUT2D eigenvalue weighted by Gasteiger charge is 2.19. The molecule has 0 saturated heterocycles. The van der Waals surface area contributed by atoms with Crippen molar-refractivity contribution in [3.05, 3.63) is 194 Å². The Balaban J connectivity index is 1.19. The van der Waals surface area contributed by atoms with Crippen molar-refractivity contribution in [3.63, 3.8) is 0 Å². The highest BCUT2D eigenvalue weighted by atomic mass is 32.1. The molecule has 55 heavy (non-hydrogen) atoms. The van der Waals surface area contributed by atoms with Gasteiger partial charge in [0, 0.05) is 36.9 Å². The fourth-order valence-corrected chi connectivity index (χ4v) is 9.54. The summed E-state index contributed by atoms with van der Waals surface area (Å²) in [6.45, 7) is 0. The van der Waals surface area contributed by atoms with Crippen LogP contribution in [0.4, 0.5) is 0 Å². The summed E-state index contributed by atoms with van der Waals surface area (Å²) in [5.74, 6) is 0.712. The normalized spacial score (nSPS) is 11.6. The van der Waals surface area contributed by atoms with E-state index < -0.39 is 0 Å². The van der Waals surface area contributed by atoms with Gasteiger partial charge >= 0.3 is 0 Å². The number of thiophene rings is 1. The lowest BCUT2D eigenvalue weighted by atomic mass is 9.92. The third kappa shape index (κ3) is 5.32. The average molecular weight is 717 g/mol. The molecule has 0 aliphatic carbocycles. The molecule has 0 spiro atoms. The molecule has 0 amide bonds. The van der Waals surface area contributed by atoms with Crippen LogP contribution in [0.25, 0.3) is 109 Å². The monoisotopic (exact) mass is 716 g/mol. The summed E-state index contributed by atoms with van der Waals surface area (Å²) in [5, 5.41) is 9.68. The number of hydrogen-bond donors (Lipinski definition) is 0. The van der Waals surface area contributed by atoms with E-state index in [9.17, 15) is 0 Å². The topological polar surface area (TPSA) is 25.8 Å². The van der Waals surface area contributed by atoms with E-state index in [1.165, 1.54) is 52.8 Å². The van der Waals surface area contributed by atoms with Gasteiger partial charge in [-0.05, 0) is 78.8 Å². The summed E-state index contributed by atoms with van der Waals surface area (Å²) < 4.78 is 2.61. The van der Waals surface area contributed by atoms with Crippen LogP contribution in [0.15, 0.2) is 194 Å². The van der Waals surface area contributed by atoms with E-state index in [2.05, 4.69) is 194 Å². The van der Waals surface area contributed by atoms with E-state index in [0.29, 0.717) is 5.82 Å². The summed E-state index contributed by atoms with van der Waals surface area (Å²) in [6, 6.07) is 69.7. The Kier molecular flexibility index (Phi) is 7.39. The van der Waals surface area contributed by atoms with Crippen LogP contribution in [0.2, 0.25) is 0 Å². The van der Waals surface area contributed by atoms with Gasteiger partial charge in [-0.1, -0.05) is 170 Å². The molecule has 0 N–H and O–H groups in total. The lowest BCUT2D eigenvalue weighted by Gasteiger charge is -2.16. The minimum Gasteiger partial charge on any atom is -0.228 e. The van der Waals surface area contributed by atoms with Gasteiger partial charge in [0.15, 0.2) is 5.82 Å². The largest absolute Gasteiger partial charge is 0.228 e. The Hall–Kier alpha value is -6.94. The van der Waals surface area contributed by atoms with Gasteiger partial charge < -0.3 is 0 Å². The predicted octanol–water partition coefficient (Wildman–Crippen LogP) is 14.6. The fraction of sp³-hybridized carbons (Fsp3) is 0. The van der Waals surface area contributed by atoms with Crippen LogP contribution in [-0.4, -0.2) is 9.97 Å². The van der Waals surface area contributed by atoms with Gasteiger partial charge in [-0.3, -0.25) is 0 Å². The van der Waals surface area contributed by atoms with Crippen molar-refractivity contribution in [1.29, 1.82) is 0 Å². The van der Waals surface area contributed by atoms with Gasteiger partial charge in [-0.25, -0.2) is 9.97 Å². The van der Waals surface area contributed by atoms with E-state index in [-0.39, 0.29) is 0 Å². The Labute approximate surface area is 322 Å². The lowest BCUT2D eigenvalue weighted by molar-refractivity contribution is 1.19. The zero-order chi connectivity index (χ0) is 36.3.